The van der Waals surface area contributed by atoms with Crippen molar-refractivity contribution >= 4 is 21.5 Å². The second kappa shape index (κ2) is 9.82. The van der Waals surface area contributed by atoms with Gasteiger partial charge < -0.3 is 10.4 Å². The van der Waals surface area contributed by atoms with Crippen molar-refractivity contribution in [2.45, 2.75) is 44.9 Å². The molecule has 0 spiro atoms. The molecular formula is C21H28F3N5O3S. The van der Waals surface area contributed by atoms with E-state index in [2.05, 4.69) is 25.1 Å². The summed E-state index contributed by atoms with van der Waals surface area (Å²) >= 11 is 0. The zero-order valence-electron chi connectivity index (χ0n) is 18.6. The predicted octanol–water partition coefficient (Wildman–Crippen LogP) is 3.10. The van der Waals surface area contributed by atoms with Crippen LogP contribution < -0.4 is 10.0 Å². The molecule has 1 unspecified atom stereocenters. The highest BCUT2D eigenvalue weighted by Crippen LogP contribution is 2.36. The van der Waals surface area contributed by atoms with Crippen LogP contribution in [0.15, 0.2) is 24.3 Å². The molecule has 0 aliphatic carbocycles. The number of aliphatic hydroxyl groups excluding tert-OH is 1. The molecule has 1 fully saturated rings. The summed E-state index contributed by atoms with van der Waals surface area (Å²) < 4.78 is 65.1. The Hall–Kier alpha value is -2.44. The minimum atomic E-state index is -4.62. The van der Waals surface area contributed by atoms with Gasteiger partial charge in [0.2, 0.25) is 10.0 Å². The van der Waals surface area contributed by atoms with Crippen LogP contribution in [0.1, 0.15) is 30.9 Å². The van der Waals surface area contributed by atoms with E-state index in [4.69, 9.17) is 0 Å². The van der Waals surface area contributed by atoms with E-state index in [0.717, 1.165) is 44.3 Å². The van der Waals surface area contributed by atoms with Crippen molar-refractivity contribution in [3.8, 4) is 11.3 Å². The summed E-state index contributed by atoms with van der Waals surface area (Å²) in [5, 5.41) is 21.1. The number of aryl methyl sites for hydroxylation is 1. The molecule has 1 saturated heterocycles. The normalized spacial score (nSPS) is 18.7. The van der Waals surface area contributed by atoms with Gasteiger partial charge in [0.25, 0.3) is 0 Å². The number of halogens is 3. The maximum absolute atomic E-state index is 13.2. The molecule has 182 valence electrons. The van der Waals surface area contributed by atoms with Crippen LogP contribution in [-0.2, 0) is 16.2 Å². The average molecular weight is 488 g/mol. The molecule has 2 atom stereocenters. The van der Waals surface area contributed by atoms with Gasteiger partial charge in [0.15, 0.2) is 0 Å². The lowest BCUT2D eigenvalue weighted by atomic mass is 10.0. The minimum absolute atomic E-state index is 0.0604. The van der Waals surface area contributed by atoms with Crippen molar-refractivity contribution in [1.29, 1.82) is 0 Å². The summed E-state index contributed by atoms with van der Waals surface area (Å²) in [5.74, 6) is 0.518. The Kier molecular flexibility index (Phi) is 7.49. The summed E-state index contributed by atoms with van der Waals surface area (Å²) in [6, 6.07) is 4.73. The second-order valence-electron chi connectivity index (χ2n) is 8.40. The lowest BCUT2D eigenvalue weighted by Gasteiger charge is -2.36. The highest BCUT2D eigenvalue weighted by molar-refractivity contribution is 7.92. The summed E-state index contributed by atoms with van der Waals surface area (Å²) in [7, 11) is -3.83. The molecule has 2 aromatic rings. The number of rotatable bonds is 7. The first kappa shape index (κ1) is 25.2. The van der Waals surface area contributed by atoms with Crippen LogP contribution in [0.25, 0.3) is 11.3 Å². The number of aromatic nitrogens is 2. The molecular weight excluding hydrogens is 459 g/mol. The lowest BCUT2D eigenvalue weighted by molar-refractivity contribution is -0.137. The molecule has 0 radical (unpaired) electrons. The third-order valence-corrected chi connectivity index (χ3v) is 6.16. The third kappa shape index (κ3) is 6.55. The van der Waals surface area contributed by atoms with Crippen molar-refractivity contribution in [3.63, 3.8) is 0 Å². The maximum Gasteiger partial charge on any atom is 0.416 e. The number of sulfonamides is 1. The van der Waals surface area contributed by atoms with E-state index in [0.29, 0.717) is 11.4 Å². The highest BCUT2D eigenvalue weighted by Gasteiger charge is 2.32. The van der Waals surface area contributed by atoms with E-state index in [9.17, 15) is 26.7 Å². The maximum atomic E-state index is 13.2. The van der Waals surface area contributed by atoms with Gasteiger partial charge >= 0.3 is 6.18 Å². The Bertz CT molecular complexity index is 1100. The van der Waals surface area contributed by atoms with Crippen molar-refractivity contribution in [3.05, 3.63) is 35.4 Å². The van der Waals surface area contributed by atoms with Crippen molar-refractivity contribution in [2.75, 3.05) is 36.0 Å². The zero-order valence-corrected chi connectivity index (χ0v) is 19.5. The Morgan fingerprint density at radius 3 is 2.61 bits per heavy atom. The molecule has 2 heterocycles. The van der Waals surface area contributed by atoms with E-state index >= 15 is 0 Å². The zero-order chi connectivity index (χ0) is 24.4. The number of alkyl halides is 3. The van der Waals surface area contributed by atoms with Crippen LogP contribution in [0.4, 0.5) is 24.7 Å². The second-order valence-corrected chi connectivity index (χ2v) is 10.2. The summed E-state index contributed by atoms with van der Waals surface area (Å²) in [6.07, 6.45) is -1.85. The number of aliphatic hydroxyl groups is 1. The first-order valence-electron chi connectivity index (χ1n) is 10.5. The van der Waals surface area contributed by atoms with E-state index in [1.165, 1.54) is 6.07 Å². The number of piperidine rings is 1. The SMILES string of the molecule is Cc1cc(N[C@@H]2CCCN(C(C)CO)C2)nnc1-c1ccc(C(F)(F)F)cc1NS(C)(=O)=O. The number of nitrogens with zero attached hydrogens (tertiary/aromatic N) is 3. The molecule has 3 rings (SSSR count). The molecule has 8 nitrogen and oxygen atoms in total. The average Bonchev–Trinajstić information content (AvgIpc) is 2.72. The molecule has 0 saturated carbocycles. The molecule has 0 amide bonds. The van der Waals surface area contributed by atoms with Gasteiger partial charge in [-0.15, -0.1) is 10.2 Å². The quantitative estimate of drug-likeness (QED) is 0.551. The fourth-order valence-corrected chi connectivity index (χ4v) is 4.45. The fourth-order valence-electron chi connectivity index (χ4n) is 3.88. The van der Waals surface area contributed by atoms with E-state index in [1.54, 1.807) is 13.0 Å². The minimum Gasteiger partial charge on any atom is -0.395 e. The first-order chi connectivity index (χ1) is 15.4. The number of hydrogen-bond acceptors (Lipinski definition) is 7. The summed E-state index contributed by atoms with van der Waals surface area (Å²) in [4.78, 5) is 2.20. The van der Waals surface area contributed by atoms with Gasteiger partial charge in [-0.25, -0.2) is 8.42 Å². The molecule has 1 aromatic heterocycles. The smallest absolute Gasteiger partial charge is 0.395 e. The van der Waals surface area contributed by atoms with Crippen LogP contribution in [0.5, 0.6) is 0 Å². The Labute approximate surface area is 191 Å². The van der Waals surface area contributed by atoms with Gasteiger partial charge in [0, 0.05) is 24.2 Å². The molecule has 1 aliphatic rings. The molecule has 3 N–H and O–H groups in total. The van der Waals surface area contributed by atoms with E-state index in [1.807, 2.05) is 6.92 Å². The molecule has 12 heteroatoms. The Morgan fingerprint density at radius 1 is 1.27 bits per heavy atom. The van der Waals surface area contributed by atoms with Gasteiger partial charge in [-0.1, -0.05) is 6.07 Å². The van der Waals surface area contributed by atoms with Crippen LogP contribution in [0.3, 0.4) is 0 Å². The Balaban J connectivity index is 1.87. The number of benzene rings is 1. The third-order valence-electron chi connectivity index (χ3n) is 5.57. The number of likely N-dealkylation sites (tertiary alicyclic amines) is 1. The van der Waals surface area contributed by atoms with Crippen LogP contribution >= 0.6 is 0 Å². The molecule has 1 aromatic carbocycles. The number of anilines is 2. The van der Waals surface area contributed by atoms with Crippen molar-refractivity contribution in [1.82, 2.24) is 15.1 Å². The van der Waals surface area contributed by atoms with E-state index in [-0.39, 0.29) is 35.6 Å². The fraction of sp³-hybridized carbons (Fsp3) is 0.524. The van der Waals surface area contributed by atoms with Gasteiger partial charge in [0.05, 0.1) is 29.8 Å². The van der Waals surface area contributed by atoms with Crippen molar-refractivity contribution in [2.24, 2.45) is 0 Å². The molecule has 1 aliphatic heterocycles. The van der Waals surface area contributed by atoms with Gasteiger partial charge in [-0.2, -0.15) is 13.2 Å². The van der Waals surface area contributed by atoms with E-state index < -0.39 is 21.8 Å². The molecule has 0 bridgehead atoms. The number of nitrogens with one attached hydrogen (secondary N) is 2. The van der Waals surface area contributed by atoms with Gasteiger partial charge in [0.1, 0.15) is 5.82 Å². The number of hydrogen-bond donors (Lipinski definition) is 3. The van der Waals surface area contributed by atoms with Gasteiger partial charge in [-0.05, 0) is 57.0 Å². The monoisotopic (exact) mass is 487 g/mol. The topological polar surface area (TPSA) is 107 Å². The molecule has 33 heavy (non-hydrogen) atoms. The lowest BCUT2D eigenvalue weighted by Crippen LogP contribution is -2.47. The van der Waals surface area contributed by atoms with Crippen LogP contribution in [-0.4, -0.2) is 66.7 Å². The highest BCUT2D eigenvalue weighted by atomic mass is 32.2. The van der Waals surface area contributed by atoms with Crippen molar-refractivity contribution < 1.29 is 26.7 Å². The van der Waals surface area contributed by atoms with Crippen LogP contribution in [0.2, 0.25) is 0 Å². The largest absolute Gasteiger partial charge is 0.416 e. The summed E-state index contributed by atoms with van der Waals surface area (Å²) in [6.45, 7) is 5.43. The standard InChI is InChI=1S/C21H28F3N5O3S/c1-13-9-19(25-16-5-4-8-29(11-16)14(2)12-30)26-27-20(13)17-7-6-15(21(22,23)24)10-18(17)28-33(3,31)32/h6-7,9-10,14,16,28,30H,4-5,8,11-12H2,1-3H3,(H,25,26)/t14?,16-/m1/s1. The van der Waals surface area contributed by atoms with Crippen LogP contribution in [0, 0.1) is 6.92 Å². The first-order valence-corrected chi connectivity index (χ1v) is 12.4. The predicted molar refractivity (Wildman–Crippen MR) is 120 cm³/mol. The summed E-state index contributed by atoms with van der Waals surface area (Å²) in [5.41, 5.74) is -0.0861. The Morgan fingerprint density at radius 2 is 2.00 bits per heavy atom. The van der Waals surface area contributed by atoms with Gasteiger partial charge in [-0.3, -0.25) is 9.62 Å².